The van der Waals surface area contributed by atoms with Crippen LogP contribution in [0.2, 0.25) is 0 Å². The van der Waals surface area contributed by atoms with Gasteiger partial charge in [0, 0.05) is 29.8 Å². The van der Waals surface area contributed by atoms with E-state index in [1.807, 2.05) is 32.2 Å². The molecule has 1 aromatic heterocycles. The molecule has 3 unspecified atom stereocenters. The highest BCUT2D eigenvalue weighted by atomic mass is 32.1. The van der Waals surface area contributed by atoms with Crippen LogP contribution in [0.25, 0.3) is 6.08 Å². The number of esters is 1. The number of Topliss-reactive ketones (excluding diaryl/α,β-unsaturated/α-hetero) is 1. The third-order valence-corrected chi connectivity index (χ3v) is 8.37. The van der Waals surface area contributed by atoms with E-state index in [0.717, 1.165) is 35.5 Å². The Hall–Kier alpha value is -1.61. The molecule has 2 aliphatic heterocycles. The van der Waals surface area contributed by atoms with Crippen molar-refractivity contribution in [2.24, 2.45) is 17.3 Å². The van der Waals surface area contributed by atoms with Gasteiger partial charge in [-0.2, -0.15) is 0 Å². The number of aryl methyl sites for hydroxylation is 1. The normalized spacial score (nSPS) is 36.0. The zero-order valence-electron chi connectivity index (χ0n) is 21.2. The van der Waals surface area contributed by atoms with E-state index < -0.39 is 35.6 Å². The number of cyclic esters (lactones) is 1. The molecule has 2 fully saturated rings. The first-order valence-corrected chi connectivity index (χ1v) is 13.2. The van der Waals surface area contributed by atoms with Gasteiger partial charge in [0.15, 0.2) is 0 Å². The topological polar surface area (TPSA) is 119 Å². The van der Waals surface area contributed by atoms with Crippen LogP contribution in [0.3, 0.4) is 0 Å². The Morgan fingerprint density at radius 3 is 2.59 bits per heavy atom. The summed E-state index contributed by atoms with van der Waals surface area (Å²) in [5.41, 5.74) is 0.567. The number of carbonyl (C=O) groups excluding carboxylic acids is 2. The van der Waals surface area contributed by atoms with E-state index in [9.17, 15) is 19.8 Å². The first kappa shape index (κ1) is 27.0. The Morgan fingerprint density at radius 1 is 1.24 bits per heavy atom. The van der Waals surface area contributed by atoms with Gasteiger partial charge in [0.05, 0.1) is 34.7 Å². The van der Waals surface area contributed by atoms with E-state index in [0.29, 0.717) is 12.5 Å². The Kier molecular flexibility index (Phi) is 8.71. The SMILES string of the molecule is C/C(=C\c1csc(C)n1)[C@@H]1C[C@@H]2N[C@@H]2CCCC(C)[C@H](O)C(C)C(=O)C(C)(C)C(O)CC(=O)O1. The van der Waals surface area contributed by atoms with Crippen LogP contribution in [-0.4, -0.2) is 57.3 Å². The summed E-state index contributed by atoms with van der Waals surface area (Å²) in [5.74, 6) is -1.43. The number of hydrogen-bond acceptors (Lipinski definition) is 8. The summed E-state index contributed by atoms with van der Waals surface area (Å²) < 4.78 is 5.86. The molecule has 7 atom stereocenters. The molecule has 8 heteroatoms. The fourth-order valence-electron chi connectivity index (χ4n) is 4.92. The Balaban J connectivity index is 1.81. The molecular weight excluding hydrogens is 452 g/mol. The number of hydrogen-bond donors (Lipinski definition) is 3. The molecule has 0 aromatic carbocycles. The molecule has 0 aliphatic carbocycles. The number of ether oxygens (including phenoxy) is 1. The molecule has 3 N–H and O–H groups in total. The van der Waals surface area contributed by atoms with E-state index in [-0.39, 0.29) is 24.2 Å². The fraction of sp³-hybridized carbons (Fsp3) is 0.731. The first-order valence-electron chi connectivity index (χ1n) is 12.4. The molecule has 3 heterocycles. The van der Waals surface area contributed by atoms with Crippen molar-refractivity contribution < 1.29 is 24.5 Å². The fourth-order valence-corrected chi connectivity index (χ4v) is 5.49. The molecule has 0 bridgehead atoms. The largest absolute Gasteiger partial charge is 0.458 e. The minimum absolute atomic E-state index is 0.0264. The predicted molar refractivity (Wildman–Crippen MR) is 133 cm³/mol. The number of fused-ring (bicyclic) bond motifs is 1. The van der Waals surface area contributed by atoms with Crippen LogP contribution in [0.4, 0.5) is 0 Å². The van der Waals surface area contributed by atoms with Gasteiger partial charge in [-0.1, -0.05) is 34.1 Å². The van der Waals surface area contributed by atoms with Crippen LogP contribution < -0.4 is 5.32 Å². The standard InChI is InChI=1S/C26H40N2O5S/c1-14-8-7-9-19-20(28-19)11-21(15(2)10-18-13-34-17(4)27-18)33-23(30)12-22(29)26(5,6)25(32)16(3)24(14)31/h10,13-14,16,19-22,24,28-29,31H,7-9,11-12H2,1-6H3/b15-10+/t14?,16?,19-,20+,21+,22?,24+/m1/s1. The summed E-state index contributed by atoms with van der Waals surface area (Å²) >= 11 is 1.57. The van der Waals surface area contributed by atoms with Gasteiger partial charge in [-0.25, -0.2) is 4.98 Å². The number of aromatic nitrogens is 1. The zero-order chi connectivity index (χ0) is 25.2. The summed E-state index contributed by atoms with van der Waals surface area (Å²) in [6.45, 7) is 10.8. The summed E-state index contributed by atoms with van der Waals surface area (Å²) in [6, 6.07) is 0.615. The smallest absolute Gasteiger partial charge is 0.309 e. The number of nitrogens with one attached hydrogen (secondary N) is 1. The van der Waals surface area contributed by atoms with Crippen LogP contribution >= 0.6 is 11.3 Å². The number of aliphatic hydroxyl groups excluding tert-OH is 2. The van der Waals surface area contributed by atoms with Gasteiger partial charge in [-0.3, -0.25) is 9.59 Å². The summed E-state index contributed by atoms with van der Waals surface area (Å²) in [7, 11) is 0. The van der Waals surface area contributed by atoms with E-state index in [1.165, 1.54) is 0 Å². The Bertz CT molecular complexity index is 911. The Labute approximate surface area is 207 Å². The molecule has 0 amide bonds. The maximum Gasteiger partial charge on any atom is 0.309 e. The molecule has 2 saturated heterocycles. The summed E-state index contributed by atoms with van der Waals surface area (Å²) in [4.78, 5) is 30.5. The maximum atomic E-state index is 13.2. The molecule has 1 aromatic rings. The van der Waals surface area contributed by atoms with Crippen molar-refractivity contribution in [1.29, 1.82) is 0 Å². The second-order valence-corrected chi connectivity index (χ2v) is 11.8. The van der Waals surface area contributed by atoms with E-state index >= 15 is 0 Å². The monoisotopic (exact) mass is 492 g/mol. The van der Waals surface area contributed by atoms with Crippen LogP contribution in [0.1, 0.15) is 77.4 Å². The molecule has 0 saturated carbocycles. The lowest BCUT2D eigenvalue weighted by atomic mass is 9.73. The third kappa shape index (κ3) is 6.53. The average Bonchev–Trinajstić information content (AvgIpc) is 3.38. The third-order valence-electron chi connectivity index (χ3n) is 7.58. The van der Waals surface area contributed by atoms with Crippen LogP contribution in [0.15, 0.2) is 11.0 Å². The summed E-state index contributed by atoms with van der Waals surface area (Å²) in [5, 5.41) is 28.1. The molecule has 3 rings (SSSR count). The van der Waals surface area contributed by atoms with E-state index in [1.54, 1.807) is 32.1 Å². The number of ketones is 1. The second-order valence-electron chi connectivity index (χ2n) is 10.8. The van der Waals surface area contributed by atoms with Gasteiger partial charge in [0.2, 0.25) is 0 Å². The van der Waals surface area contributed by atoms with Gasteiger partial charge < -0.3 is 20.3 Å². The van der Waals surface area contributed by atoms with Crippen molar-refractivity contribution in [3.8, 4) is 0 Å². The molecule has 0 spiro atoms. The van der Waals surface area contributed by atoms with Gasteiger partial charge in [0.1, 0.15) is 11.9 Å². The molecule has 7 nitrogen and oxygen atoms in total. The molecule has 0 radical (unpaired) electrons. The van der Waals surface area contributed by atoms with Crippen LogP contribution in [-0.2, 0) is 14.3 Å². The minimum Gasteiger partial charge on any atom is -0.458 e. The predicted octanol–water partition coefficient (Wildman–Crippen LogP) is 3.66. The van der Waals surface area contributed by atoms with Gasteiger partial charge >= 0.3 is 5.97 Å². The lowest BCUT2D eigenvalue weighted by Gasteiger charge is -2.34. The zero-order valence-corrected chi connectivity index (χ0v) is 22.0. The number of nitrogens with zero attached hydrogens (tertiary/aromatic N) is 1. The maximum absolute atomic E-state index is 13.2. The molecule has 2 aliphatic rings. The number of rotatable bonds is 2. The van der Waals surface area contributed by atoms with Crippen molar-refractivity contribution in [2.45, 2.75) is 104 Å². The van der Waals surface area contributed by atoms with Gasteiger partial charge in [0.25, 0.3) is 0 Å². The van der Waals surface area contributed by atoms with E-state index in [4.69, 9.17) is 4.74 Å². The lowest BCUT2D eigenvalue weighted by Crippen LogP contribution is -2.45. The van der Waals surface area contributed by atoms with Gasteiger partial charge in [-0.15, -0.1) is 11.3 Å². The van der Waals surface area contributed by atoms with Crippen molar-refractivity contribution >= 4 is 29.2 Å². The van der Waals surface area contributed by atoms with Crippen LogP contribution in [0, 0.1) is 24.2 Å². The van der Waals surface area contributed by atoms with Crippen molar-refractivity contribution in [3.05, 3.63) is 21.7 Å². The number of thiazole rings is 1. The van der Waals surface area contributed by atoms with Crippen molar-refractivity contribution in [3.63, 3.8) is 0 Å². The second kappa shape index (κ2) is 11.0. The first-order chi connectivity index (χ1) is 15.9. The molecule has 34 heavy (non-hydrogen) atoms. The average molecular weight is 493 g/mol. The molecular formula is C26H40N2O5S. The highest BCUT2D eigenvalue weighted by molar-refractivity contribution is 7.09. The van der Waals surface area contributed by atoms with Crippen molar-refractivity contribution in [1.82, 2.24) is 10.3 Å². The highest BCUT2D eigenvalue weighted by Gasteiger charge is 2.43. The molecule has 190 valence electrons. The minimum atomic E-state index is -1.21. The highest BCUT2D eigenvalue weighted by Crippen LogP contribution is 2.33. The quantitative estimate of drug-likeness (QED) is 0.426. The van der Waals surface area contributed by atoms with E-state index in [2.05, 4.69) is 10.3 Å². The van der Waals surface area contributed by atoms with Gasteiger partial charge in [-0.05, 0) is 44.3 Å². The number of carbonyl (C=O) groups is 2. The summed E-state index contributed by atoms with van der Waals surface area (Å²) in [6.07, 6.45) is 2.64. The Morgan fingerprint density at radius 2 is 1.94 bits per heavy atom. The van der Waals surface area contributed by atoms with Crippen LogP contribution in [0.5, 0.6) is 0 Å². The lowest BCUT2D eigenvalue weighted by molar-refractivity contribution is -0.154. The number of aliphatic hydroxyl groups is 2. The van der Waals surface area contributed by atoms with Crippen molar-refractivity contribution in [2.75, 3.05) is 0 Å².